The number of aromatic nitrogens is 2. The lowest BCUT2D eigenvalue weighted by atomic mass is 10.00. The lowest BCUT2D eigenvalue weighted by Gasteiger charge is -2.12. The number of nitrogens with zero attached hydrogens (tertiary/aromatic N) is 3. The SMILES string of the molecule is NC(=O)NCCCC(=O)c1cc2n(n1)-c1ccc(Cl)cc1C(c1ccccc1F)=NC2. The molecule has 2 heterocycles. The van der Waals surface area contributed by atoms with E-state index in [-0.39, 0.29) is 24.6 Å². The van der Waals surface area contributed by atoms with Crippen LogP contribution in [0.3, 0.4) is 0 Å². The van der Waals surface area contributed by atoms with Crippen molar-refractivity contribution in [3.63, 3.8) is 0 Å². The number of nitrogens with one attached hydrogen (secondary N) is 1. The molecule has 3 aromatic rings. The first kappa shape index (κ1) is 20.7. The highest BCUT2D eigenvalue weighted by molar-refractivity contribution is 6.31. The van der Waals surface area contributed by atoms with Gasteiger partial charge in [-0.15, -0.1) is 0 Å². The van der Waals surface area contributed by atoms with Gasteiger partial charge < -0.3 is 11.1 Å². The molecule has 0 unspecified atom stereocenters. The number of hydrogen-bond donors (Lipinski definition) is 2. The number of carbonyl (C=O) groups excluding carboxylic acids is 2. The zero-order valence-corrected chi connectivity index (χ0v) is 17.2. The number of rotatable bonds is 6. The fraction of sp³-hybridized carbons (Fsp3) is 0.182. The van der Waals surface area contributed by atoms with Gasteiger partial charge in [0.2, 0.25) is 0 Å². The molecule has 0 saturated carbocycles. The minimum Gasteiger partial charge on any atom is -0.352 e. The van der Waals surface area contributed by atoms with Crippen molar-refractivity contribution in [2.24, 2.45) is 10.7 Å². The Morgan fingerprint density at radius 1 is 1.16 bits per heavy atom. The van der Waals surface area contributed by atoms with E-state index in [9.17, 15) is 14.0 Å². The Bertz CT molecular complexity index is 1200. The van der Waals surface area contributed by atoms with Gasteiger partial charge in [0, 0.05) is 29.1 Å². The quantitative estimate of drug-likeness (QED) is 0.452. The summed E-state index contributed by atoms with van der Waals surface area (Å²) in [6.07, 6.45) is 0.666. The summed E-state index contributed by atoms with van der Waals surface area (Å²) in [6.45, 7) is 0.533. The average Bonchev–Trinajstić information content (AvgIpc) is 3.10. The molecule has 3 N–H and O–H groups in total. The van der Waals surface area contributed by atoms with Crippen LogP contribution in [0.15, 0.2) is 53.5 Å². The summed E-state index contributed by atoms with van der Waals surface area (Å²) in [4.78, 5) is 27.9. The molecule has 4 rings (SSSR count). The zero-order chi connectivity index (χ0) is 22.0. The highest BCUT2D eigenvalue weighted by atomic mass is 35.5. The van der Waals surface area contributed by atoms with Crippen molar-refractivity contribution in [1.82, 2.24) is 15.1 Å². The summed E-state index contributed by atoms with van der Waals surface area (Å²) in [7, 11) is 0. The van der Waals surface area contributed by atoms with Crippen molar-refractivity contribution in [1.29, 1.82) is 0 Å². The van der Waals surface area contributed by atoms with Gasteiger partial charge in [0.15, 0.2) is 5.78 Å². The lowest BCUT2D eigenvalue weighted by Crippen LogP contribution is -2.30. The summed E-state index contributed by atoms with van der Waals surface area (Å²) in [5.74, 6) is -0.534. The summed E-state index contributed by atoms with van der Waals surface area (Å²) >= 11 is 6.23. The van der Waals surface area contributed by atoms with Crippen LogP contribution in [0.4, 0.5) is 9.18 Å². The number of amides is 2. The predicted octanol–water partition coefficient (Wildman–Crippen LogP) is 3.65. The standard InChI is InChI=1S/C22H19ClFN5O2/c23-13-7-8-19-16(10-13)21(15-4-1-2-5-17(15)24)27-12-14-11-18(28-29(14)19)20(30)6-3-9-26-22(25)31/h1-2,4-5,7-8,10-11H,3,6,9,12H2,(H3,25,26,31). The second-order valence-corrected chi connectivity index (χ2v) is 7.49. The normalized spacial score (nSPS) is 12.4. The fourth-order valence-electron chi connectivity index (χ4n) is 3.48. The number of primary amides is 1. The maximum Gasteiger partial charge on any atom is 0.312 e. The van der Waals surface area contributed by atoms with Crippen LogP contribution in [0.25, 0.3) is 5.69 Å². The van der Waals surface area contributed by atoms with Crippen LogP contribution in [0, 0.1) is 5.82 Å². The summed E-state index contributed by atoms with van der Waals surface area (Å²) < 4.78 is 16.2. The molecule has 0 bridgehead atoms. The molecule has 1 aliphatic rings. The van der Waals surface area contributed by atoms with Gasteiger partial charge in [-0.25, -0.2) is 13.9 Å². The largest absolute Gasteiger partial charge is 0.352 e. The molecular formula is C22H19ClFN5O2. The van der Waals surface area contributed by atoms with Gasteiger partial charge in [-0.2, -0.15) is 5.10 Å². The molecule has 31 heavy (non-hydrogen) atoms. The number of benzene rings is 2. The number of Topliss-reactive ketones (excluding diaryl/α,β-unsaturated/α-hetero) is 1. The molecule has 0 radical (unpaired) electrons. The average molecular weight is 440 g/mol. The van der Waals surface area contributed by atoms with E-state index in [1.807, 2.05) is 0 Å². The monoisotopic (exact) mass is 439 g/mol. The van der Waals surface area contributed by atoms with E-state index in [1.54, 1.807) is 47.1 Å². The Morgan fingerprint density at radius 3 is 2.74 bits per heavy atom. The smallest absolute Gasteiger partial charge is 0.312 e. The molecule has 0 aliphatic carbocycles. The molecule has 0 spiro atoms. The van der Waals surface area contributed by atoms with E-state index in [0.29, 0.717) is 51.9 Å². The van der Waals surface area contributed by atoms with E-state index >= 15 is 0 Å². The third-order valence-corrected chi connectivity index (χ3v) is 5.15. The number of urea groups is 1. The number of aliphatic imine (C=N–C) groups is 1. The highest BCUT2D eigenvalue weighted by Gasteiger charge is 2.24. The number of ketones is 1. The van der Waals surface area contributed by atoms with E-state index < -0.39 is 6.03 Å². The van der Waals surface area contributed by atoms with Crippen molar-refractivity contribution in [3.8, 4) is 5.69 Å². The lowest BCUT2D eigenvalue weighted by molar-refractivity contribution is 0.0974. The third-order valence-electron chi connectivity index (χ3n) is 4.92. The Balaban J connectivity index is 1.68. The topological polar surface area (TPSA) is 102 Å². The van der Waals surface area contributed by atoms with Crippen LogP contribution in [-0.4, -0.2) is 33.9 Å². The van der Waals surface area contributed by atoms with Crippen molar-refractivity contribution in [3.05, 3.63) is 81.9 Å². The highest BCUT2D eigenvalue weighted by Crippen LogP contribution is 2.28. The third kappa shape index (κ3) is 4.34. The molecule has 1 aliphatic heterocycles. The summed E-state index contributed by atoms with van der Waals surface area (Å²) in [5.41, 5.74) is 8.17. The predicted molar refractivity (Wildman–Crippen MR) is 115 cm³/mol. The number of carbonyl (C=O) groups is 2. The molecule has 0 saturated heterocycles. The van der Waals surface area contributed by atoms with Crippen molar-refractivity contribution < 1.29 is 14.0 Å². The van der Waals surface area contributed by atoms with Gasteiger partial charge in [0.1, 0.15) is 11.5 Å². The maximum atomic E-state index is 14.5. The van der Waals surface area contributed by atoms with Gasteiger partial charge >= 0.3 is 6.03 Å². The Morgan fingerprint density at radius 2 is 1.97 bits per heavy atom. The number of fused-ring (bicyclic) bond motifs is 3. The fourth-order valence-corrected chi connectivity index (χ4v) is 3.65. The number of halogens is 2. The van der Waals surface area contributed by atoms with Gasteiger partial charge in [-0.3, -0.25) is 9.79 Å². The first-order valence-corrected chi connectivity index (χ1v) is 10.1. The molecular weight excluding hydrogens is 421 g/mol. The van der Waals surface area contributed by atoms with Crippen LogP contribution in [0.5, 0.6) is 0 Å². The van der Waals surface area contributed by atoms with Crippen molar-refractivity contribution in [2.75, 3.05) is 6.54 Å². The molecule has 2 amide bonds. The van der Waals surface area contributed by atoms with E-state index in [0.717, 1.165) is 0 Å². The Kier molecular flexibility index (Phi) is 5.81. The van der Waals surface area contributed by atoms with Gasteiger partial charge in [0.05, 0.1) is 23.6 Å². The first-order valence-electron chi connectivity index (χ1n) is 9.69. The maximum absolute atomic E-state index is 14.5. The summed E-state index contributed by atoms with van der Waals surface area (Å²) in [6, 6.07) is 12.7. The van der Waals surface area contributed by atoms with Crippen molar-refractivity contribution >= 4 is 29.1 Å². The van der Waals surface area contributed by atoms with E-state index in [1.165, 1.54) is 6.07 Å². The number of hydrogen-bond acceptors (Lipinski definition) is 4. The van der Waals surface area contributed by atoms with Gasteiger partial charge in [-0.05, 0) is 42.8 Å². The minimum absolute atomic E-state index is 0.152. The van der Waals surface area contributed by atoms with Crippen molar-refractivity contribution in [2.45, 2.75) is 19.4 Å². The molecule has 9 heteroatoms. The summed E-state index contributed by atoms with van der Waals surface area (Å²) in [5, 5.41) is 7.43. The molecule has 0 atom stereocenters. The molecule has 1 aromatic heterocycles. The van der Waals surface area contributed by atoms with Crippen LogP contribution in [0.2, 0.25) is 5.02 Å². The van der Waals surface area contributed by atoms with E-state index in [4.69, 9.17) is 17.3 Å². The molecule has 2 aromatic carbocycles. The van der Waals surface area contributed by atoms with Crippen LogP contribution < -0.4 is 11.1 Å². The van der Waals surface area contributed by atoms with E-state index in [2.05, 4.69) is 15.4 Å². The minimum atomic E-state index is -0.625. The first-order chi connectivity index (χ1) is 14.9. The zero-order valence-electron chi connectivity index (χ0n) is 16.4. The Labute approximate surface area is 182 Å². The molecule has 7 nitrogen and oxygen atoms in total. The van der Waals surface area contributed by atoms with Crippen LogP contribution in [-0.2, 0) is 6.54 Å². The molecule has 158 valence electrons. The molecule has 0 fully saturated rings. The number of nitrogens with two attached hydrogens (primary N) is 1. The Hall–Kier alpha value is -3.52. The van der Waals surface area contributed by atoms with Crippen LogP contribution >= 0.6 is 11.6 Å². The van der Waals surface area contributed by atoms with Crippen LogP contribution in [0.1, 0.15) is 40.2 Å². The second kappa shape index (κ2) is 8.69. The second-order valence-electron chi connectivity index (χ2n) is 7.06. The van der Waals surface area contributed by atoms with Gasteiger partial charge in [-0.1, -0.05) is 23.7 Å². The van der Waals surface area contributed by atoms with Gasteiger partial charge in [0.25, 0.3) is 0 Å².